The van der Waals surface area contributed by atoms with Gasteiger partial charge in [-0.1, -0.05) is 30.3 Å². The number of carbonyl (C=O) groups is 2. The van der Waals surface area contributed by atoms with Crippen molar-refractivity contribution in [1.82, 2.24) is 0 Å². The van der Waals surface area contributed by atoms with Gasteiger partial charge >= 0.3 is 29.6 Å². The fourth-order valence-electron chi connectivity index (χ4n) is 0.864. The normalized spacial score (nSPS) is 8.75. The Balaban J connectivity index is 0.00000121. The van der Waals surface area contributed by atoms with Crippen LogP contribution in [0.2, 0.25) is 0 Å². The topological polar surface area (TPSA) is 34.1 Å². The van der Waals surface area contributed by atoms with Crippen molar-refractivity contribution in [3.63, 3.8) is 0 Å². The number of hydrogen-bond donors (Lipinski definition) is 0. The molecule has 0 saturated carbocycles. The first-order valence-electron chi connectivity index (χ1n) is 3.34. The average Bonchev–Trinajstić information content (AvgIpc) is 2.09. The second-order valence-electron chi connectivity index (χ2n) is 2.21. The van der Waals surface area contributed by atoms with Crippen molar-refractivity contribution in [2.75, 3.05) is 0 Å². The third kappa shape index (κ3) is 2.89. The van der Waals surface area contributed by atoms with E-state index in [0.29, 0.717) is 12.6 Å². The van der Waals surface area contributed by atoms with Crippen LogP contribution in [0.1, 0.15) is 11.5 Å². The van der Waals surface area contributed by atoms with Crippen LogP contribution in [0.15, 0.2) is 30.3 Å². The van der Waals surface area contributed by atoms with Crippen molar-refractivity contribution >= 4 is 42.1 Å². The zero-order valence-corrected chi connectivity index (χ0v) is 5.94. The third-order valence-corrected chi connectivity index (χ3v) is 1.48. The number of hydrogen-bond acceptors (Lipinski definition) is 2. The molecule has 0 N–H and O–H groups in total. The Kier molecular flexibility index (Phi) is 5.89. The summed E-state index contributed by atoms with van der Waals surface area (Å²) < 4.78 is 0. The molecule has 0 radical (unpaired) electrons. The maximum atomic E-state index is 10.3. The molecule has 1 aromatic rings. The van der Waals surface area contributed by atoms with Gasteiger partial charge in [0.1, 0.15) is 12.6 Å². The molecule has 58 valence electrons. The Hall–Kier alpha value is -0.440. The summed E-state index contributed by atoms with van der Waals surface area (Å²) in [4.78, 5) is 20.6. The molecular formula is C9H9NaO2. The van der Waals surface area contributed by atoms with Gasteiger partial charge in [-0.25, -0.2) is 0 Å². The van der Waals surface area contributed by atoms with Gasteiger partial charge in [0.15, 0.2) is 0 Å². The predicted molar refractivity (Wildman–Crippen MR) is 48.5 cm³/mol. The number of aldehydes is 2. The van der Waals surface area contributed by atoms with Gasteiger partial charge in [-0.2, -0.15) is 0 Å². The van der Waals surface area contributed by atoms with Crippen molar-refractivity contribution in [3.8, 4) is 0 Å². The van der Waals surface area contributed by atoms with E-state index in [-0.39, 0.29) is 29.6 Å². The average molecular weight is 172 g/mol. The van der Waals surface area contributed by atoms with Gasteiger partial charge in [-0.3, -0.25) is 0 Å². The number of carbonyl (C=O) groups excluding carboxylic acids is 2. The van der Waals surface area contributed by atoms with Crippen LogP contribution in [0.3, 0.4) is 0 Å². The van der Waals surface area contributed by atoms with E-state index in [2.05, 4.69) is 0 Å². The summed E-state index contributed by atoms with van der Waals surface area (Å²) in [5.74, 6) is -0.601. The first-order valence-corrected chi connectivity index (χ1v) is 3.34. The molecule has 0 aliphatic carbocycles. The Labute approximate surface area is 93.3 Å². The van der Waals surface area contributed by atoms with Crippen LogP contribution < -0.4 is 0 Å². The van der Waals surface area contributed by atoms with Gasteiger partial charge in [0.05, 0.1) is 5.92 Å². The first-order chi connectivity index (χ1) is 5.38. The molecule has 0 saturated heterocycles. The van der Waals surface area contributed by atoms with E-state index in [1.54, 1.807) is 24.3 Å². The van der Waals surface area contributed by atoms with Crippen LogP contribution in [0.5, 0.6) is 0 Å². The van der Waals surface area contributed by atoms with Gasteiger partial charge < -0.3 is 9.59 Å². The summed E-state index contributed by atoms with van der Waals surface area (Å²) in [6.45, 7) is 0. The van der Waals surface area contributed by atoms with Crippen LogP contribution in [-0.2, 0) is 9.59 Å². The molecule has 0 atom stereocenters. The van der Waals surface area contributed by atoms with Crippen LogP contribution in [0.25, 0.3) is 0 Å². The van der Waals surface area contributed by atoms with E-state index in [9.17, 15) is 9.59 Å². The Morgan fingerprint density at radius 3 is 1.92 bits per heavy atom. The van der Waals surface area contributed by atoms with Gasteiger partial charge in [0.2, 0.25) is 0 Å². The SMILES string of the molecule is O=CC(C=O)c1ccccc1.[NaH]. The fraction of sp³-hybridized carbons (Fsp3) is 0.111. The summed E-state index contributed by atoms with van der Waals surface area (Å²) in [6.07, 6.45) is 1.28. The molecule has 0 bridgehead atoms. The quantitative estimate of drug-likeness (QED) is 0.378. The van der Waals surface area contributed by atoms with Crippen molar-refractivity contribution in [1.29, 1.82) is 0 Å². The zero-order chi connectivity index (χ0) is 8.10. The van der Waals surface area contributed by atoms with Crippen LogP contribution >= 0.6 is 0 Å². The predicted octanol–water partition coefficient (Wildman–Crippen LogP) is 0.520. The summed E-state index contributed by atoms with van der Waals surface area (Å²) >= 11 is 0. The molecule has 0 spiro atoms. The second kappa shape index (κ2) is 6.12. The molecule has 1 aromatic carbocycles. The Bertz CT molecular complexity index is 238. The number of benzene rings is 1. The van der Waals surface area contributed by atoms with E-state index in [1.807, 2.05) is 6.07 Å². The van der Waals surface area contributed by atoms with Crippen LogP contribution in [0.4, 0.5) is 0 Å². The van der Waals surface area contributed by atoms with Crippen molar-refractivity contribution in [2.45, 2.75) is 5.92 Å². The van der Waals surface area contributed by atoms with E-state index in [4.69, 9.17) is 0 Å². The van der Waals surface area contributed by atoms with Crippen LogP contribution in [0, 0.1) is 0 Å². The first kappa shape index (κ1) is 11.6. The molecule has 12 heavy (non-hydrogen) atoms. The van der Waals surface area contributed by atoms with Gasteiger partial charge in [0.25, 0.3) is 0 Å². The Morgan fingerprint density at radius 1 is 1.00 bits per heavy atom. The molecule has 0 aromatic heterocycles. The zero-order valence-electron chi connectivity index (χ0n) is 5.94. The molecule has 0 aliphatic heterocycles. The molecule has 3 heteroatoms. The second-order valence-corrected chi connectivity index (χ2v) is 2.21. The number of rotatable bonds is 3. The molecule has 0 unspecified atom stereocenters. The molecule has 1 rings (SSSR count). The van der Waals surface area contributed by atoms with E-state index >= 15 is 0 Å². The monoisotopic (exact) mass is 172 g/mol. The van der Waals surface area contributed by atoms with Crippen molar-refractivity contribution in [3.05, 3.63) is 35.9 Å². The standard InChI is InChI=1S/C9H8O2.Na.H/c10-6-9(7-11)8-4-2-1-3-5-8;;/h1-7,9H;;. The molecule has 0 heterocycles. The third-order valence-electron chi connectivity index (χ3n) is 1.48. The molecule has 2 nitrogen and oxygen atoms in total. The fourth-order valence-corrected chi connectivity index (χ4v) is 0.864. The van der Waals surface area contributed by atoms with E-state index in [0.717, 1.165) is 5.56 Å². The summed E-state index contributed by atoms with van der Waals surface area (Å²) in [7, 11) is 0. The molecule has 0 aliphatic rings. The van der Waals surface area contributed by atoms with Crippen molar-refractivity contribution in [2.24, 2.45) is 0 Å². The molecule has 0 fully saturated rings. The van der Waals surface area contributed by atoms with Gasteiger partial charge in [-0.15, -0.1) is 0 Å². The summed E-state index contributed by atoms with van der Waals surface area (Å²) in [6, 6.07) is 8.96. The summed E-state index contributed by atoms with van der Waals surface area (Å²) in [5.41, 5.74) is 0.748. The minimum absolute atomic E-state index is 0. The molecule has 0 amide bonds. The van der Waals surface area contributed by atoms with Gasteiger partial charge in [-0.05, 0) is 5.56 Å². The van der Waals surface area contributed by atoms with Crippen molar-refractivity contribution < 1.29 is 9.59 Å². The minimum atomic E-state index is -0.601. The van der Waals surface area contributed by atoms with Crippen LogP contribution in [-0.4, -0.2) is 42.1 Å². The Morgan fingerprint density at radius 2 is 1.50 bits per heavy atom. The van der Waals surface area contributed by atoms with Gasteiger partial charge in [0, 0.05) is 0 Å². The van der Waals surface area contributed by atoms with E-state index < -0.39 is 5.92 Å². The summed E-state index contributed by atoms with van der Waals surface area (Å²) in [5, 5.41) is 0. The maximum absolute atomic E-state index is 10.3. The van der Waals surface area contributed by atoms with E-state index in [1.165, 1.54) is 0 Å². The molecular weight excluding hydrogens is 163 g/mol.